The summed E-state index contributed by atoms with van der Waals surface area (Å²) in [5, 5.41) is 0. The first kappa shape index (κ1) is 19.4. The number of hydrogen-bond donors (Lipinski definition) is 0. The summed E-state index contributed by atoms with van der Waals surface area (Å²) in [6.45, 7) is 5.77. The van der Waals surface area contributed by atoms with Crippen LogP contribution in [0, 0.1) is 0 Å². The van der Waals surface area contributed by atoms with Gasteiger partial charge in [0.15, 0.2) is 0 Å². The Balaban J connectivity index is 1.63. The van der Waals surface area contributed by atoms with E-state index < -0.39 is 0 Å². The largest absolute Gasteiger partial charge is 0.477 e. The molecule has 2 aromatic heterocycles. The lowest BCUT2D eigenvalue weighted by atomic mass is 9.95. The smallest absolute Gasteiger partial charge is 0.259 e. The lowest BCUT2D eigenvalue weighted by Crippen LogP contribution is -2.38. The third-order valence-corrected chi connectivity index (χ3v) is 4.97. The predicted octanol–water partition coefficient (Wildman–Crippen LogP) is 2.26. The van der Waals surface area contributed by atoms with Crippen LogP contribution in [0.3, 0.4) is 0 Å². The first-order chi connectivity index (χ1) is 13.1. The highest BCUT2D eigenvalue weighted by molar-refractivity contribution is 5.96. The van der Waals surface area contributed by atoms with E-state index in [1.807, 2.05) is 18.0 Å². The van der Waals surface area contributed by atoms with Gasteiger partial charge in [-0.25, -0.2) is 9.97 Å². The van der Waals surface area contributed by atoms with Gasteiger partial charge in [0, 0.05) is 50.7 Å². The molecule has 7 nitrogen and oxygen atoms in total. The van der Waals surface area contributed by atoms with Crippen LogP contribution in [0.5, 0.6) is 5.88 Å². The zero-order valence-electron chi connectivity index (χ0n) is 16.5. The minimum atomic E-state index is 0.000879. The molecule has 0 spiro atoms. The van der Waals surface area contributed by atoms with Crippen LogP contribution in [0.2, 0.25) is 0 Å². The van der Waals surface area contributed by atoms with Crippen LogP contribution in [0.1, 0.15) is 41.9 Å². The molecule has 0 N–H and O–H groups in total. The maximum atomic E-state index is 12.9. The van der Waals surface area contributed by atoms with Crippen LogP contribution >= 0.6 is 0 Å². The summed E-state index contributed by atoms with van der Waals surface area (Å²) in [7, 11) is 4.16. The first-order valence-corrected chi connectivity index (χ1v) is 9.63. The second kappa shape index (κ2) is 8.99. The van der Waals surface area contributed by atoms with E-state index in [0.29, 0.717) is 24.0 Å². The van der Waals surface area contributed by atoms with E-state index in [0.717, 1.165) is 44.8 Å². The fraction of sp³-hybridized carbons (Fsp3) is 0.550. The van der Waals surface area contributed by atoms with Crippen LogP contribution in [0.15, 0.2) is 30.7 Å². The molecule has 1 amide bonds. The summed E-state index contributed by atoms with van der Waals surface area (Å²) in [5.41, 5.74) is 0.547. The van der Waals surface area contributed by atoms with Gasteiger partial charge in [-0.3, -0.25) is 4.79 Å². The van der Waals surface area contributed by atoms with Gasteiger partial charge in [0.1, 0.15) is 11.4 Å². The van der Waals surface area contributed by atoms with E-state index in [4.69, 9.17) is 4.74 Å². The summed E-state index contributed by atoms with van der Waals surface area (Å²) >= 11 is 0. The molecule has 3 rings (SSSR count). The molecule has 7 heteroatoms. The van der Waals surface area contributed by atoms with E-state index in [2.05, 4.69) is 39.7 Å². The van der Waals surface area contributed by atoms with Crippen LogP contribution in [-0.4, -0.2) is 70.6 Å². The highest BCUT2D eigenvalue weighted by Crippen LogP contribution is 2.28. The molecule has 1 aliphatic rings. The van der Waals surface area contributed by atoms with Crippen molar-refractivity contribution in [3.8, 4) is 5.88 Å². The Bertz CT molecular complexity index is 750. The number of imidazole rings is 1. The first-order valence-electron chi connectivity index (χ1n) is 9.63. The van der Waals surface area contributed by atoms with Gasteiger partial charge in [-0.05, 0) is 46.0 Å². The van der Waals surface area contributed by atoms with Crippen LogP contribution in [0.25, 0.3) is 0 Å². The van der Waals surface area contributed by atoms with E-state index in [1.54, 1.807) is 18.3 Å². The van der Waals surface area contributed by atoms with Gasteiger partial charge >= 0.3 is 0 Å². The second-order valence-electron chi connectivity index (χ2n) is 7.14. The van der Waals surface area contributed by atoms with E-state index in [-0.39, 0.29) is 5.91 Å². The number of likely N-dealkylation sites (tertiary alicyclic amines) is 1. The number of amides is 1. The molecule has 0 aromatic carbocycles. The van der Waals surface area contributed by atoms with Gasteiger partial charge in [0.25, 0.3) is 5.91 Å². The fourth-order valence-corrected chi connectivity index (χ4v) is 3.49. The molecule has 0 saturated carbocycles. The van der Waals surface area contributed by atoms with Gasteiger partial charge in [0.05, 0.1) is 6.61 Å². The quantitative estimate of drug-likeness (QED) is 0.747. The molecule has 146 valence electrons. The number of hydrogen-bond acceptors (Lipinski definition) is 5. The van der Waals surface area contributed by atoms with Crippen molar-refractivity contribution >= 4 is 5.91 Å². The Morgan fingerprint density at radius 3 is 2.74 bits per heavy atom. The van der Waals surface area contributed by atoms with Crippen molar-refractivity contribution in [2.75, 3.05) is 40.3 Å². The van der Waals surface area contributed by atoms with Gasteiger partial charge in [-0.2, -0.15) is 0 Å². The van der Waals surface area contributed by atoms with E-state index >= 15 is 0 Å². The average molecular weight is 371 g/mol. The number of piperidine rings is 1. The van der Waals surface area contributed by atoms with Crippen molar-refractivity contribution in [1.82, 2.24) is 24.3 Å². The highest BCUT2D eigenvalue weighted by Gasteiger charge is 2.28. The van der Waals surface area contributed by atoms with Crippen molar-refractivity contribution in [2.24, 2.45) is 0 Å². The van der Waals surface area contributed by atoms with Crippen LogP contribution in [-0.2, 0) is 6.54 Å². The molecule has 0 bridgehead atoms. The molecule has 0 aliphatic carbocycles. The van der Waals surface area contributed by atoms with Crippen molar-refractivity contribution in [3.05, 3.63) is 42.1 Å². The minimum Gasteiger partial charge on any atom is -0.477 e. The minimum absolute atomic E-state index is 0.000879. The van der Waals surface area contributed by atoms with Crippen molar-refractivity contribution < 1.29 is 9.53 Å². The fourth-order valence-electron chi connectivity index (χ4n) is 3.49. The Morgan fingerprint density at radius 2 is 2.04 bits per heavy atom. The number of ether oxygens (including phenoxy) is 1. The van der Waals surface area contributed by atoms with E-state index in [1.165, 1.54) is 0 Å². The molecular formula is C20H29N5O2. The summed E-state index contributed by atoms with van der Waals surface area (Å²) in [4.78, 5) is 25.8. The summed E-state index contributed by atoms with van der Waals surface area (Å²) in [5.74, 6) is 1.96. The molecule has 0 unspecified atom stereocenters. The third kappa shape index (κ3) is 4.66. The standard InChI is InChI=1S/C20H29N5O2/c1-4-27-19-17(6-5-9-22-19)20(26)25-11-7-16(8-12-25)18-21-10-13-24(18)15-14-23(2)3/h5-6,9-10,13,16H,4,7-8,11-12,14-15H2,1-3H3. The van der Waals surface area contributed by atoms with E-state index in [9.17, 15) is 4.79 Å². The van der Waals surface area contributed by atoms with Gasteiger partial charge in [-0.15, -0.1) is 0 Å². The molecular weight excluding hydrogens is 342 g/mol. The molecule has 1 saturated heterocycles. The average Bonchev–Trinajstić information content (AvgIpc) is 3.15. The Morgan fingerprint density at radius 1 is 1.26 bits per heavy atom. The second-order valence-corrected chi connectivity index (χ2v) is 7.14. The molecule has 1 aliphatic heterocycles. The number of likely N-dealkylation sites (N-methyl/N-ethyl adjacent to an activating group) is 1. The SMILES string of the molecule is CCOc1ncccc1C(=O)N1CCC(c2nccn2CCN(C)C)CC1. The Hall–Kier alpha value is -2.41. The molecule has 2 aromatic rings. The van der Waals surface area contributed by atoms with Gasteiger partial charge in [-0.1, -0.05) is 0 Å². The number of nitrogens with zero attached hydrogens (tertiary/aromatic N) is 5. The normalized spacial score (nSPS) is 15.3. The van der Waals surface area contributed by atoms with Crippen molar-refractivity contribution in [3.63, 3.8) is 0 Å². The summed E-state index contributed by atoms with van der Waals surface area (Å²) in [6.07, 6.45) is 7.44. The Kier molecular flexibility index (Phi) is 6.45. The molecule has 1 fully saturated rings. The molecule has 3 heterocycles. The zero-order chi connectivity index (χ0) is 19.2. The summed E-state index contributed by atoms with van der Waals surface area (Å²) in [6, 6.07) is 3.57. The monoisotopic (exact) mass is 371 g/mol. The number of carbonyl (C=O) groups is 1. The van der Waals surface area contributed by atoms with Gasteiger partial charge in [0.2, 0.25) is 5.88 Å². The van der Waals surface area contributed by atoms with Crippen molar-refractivity contribution in [2.45, 2.75) is 32.2 Å². The molecule has 0 radical (unpaired) electrons. The topological polar surface area (TPSA) is 63.5 Å². The highest BCUT2D eigenvalue weighted by atomic mass is 16.5. The lowest BCUT2D eigenvalue weighted by molar-refractivity contribution is 0.0705. The number of carbonyl (C=O) groups excluding carboxylic acids is 1. The zero-order valence-corrected chi connectivity index (χ0v) is 16.5. The Labute approximate surface area is 161 Å². The van der Waals surface area contributed by atoms with Crippen LogP contribution < -0.4 is 4.74 Å². The predicted molar refractivity (Wildman–Crippen MR) is 104 cm³/mol. The van der Waals surface area contributed by atoms with Crippen LogP contribution in [0.4, 0.5) is 0 Å². The van der Waals surface area contributed by atoms with Crippen molar-refractivity contribution in [1.29, 1.82) is 0 Å². The maximum Gasteiger partial charge on any atom is 0.259 e. The number of rotatable bonds is 7. The molecule has 27 heavy (non-hydrogen) atoms. The summed E-state index contributed by atoms with van der Waals surface area (Å²) < 4.78 is 7.76. The third-order valence-electron chi connectivity index (χ3n) is 4.97. The van der Waals surface area contributed by atoms with Gasteiger partial charge < -0.3 is 19.1 Å². The maximum absolute atomic E-state index is 12.9. The molecule has 0 atom stereocenters. The number of aromatic nitrogens is 3. The number of pyridine rings is 1. The lowest BCUT2D eigenvalue weighted by Gasteiger charge is -2.32.